The number of ether oxygens (including phenoxy) is 3. The number of likely N-dealkylation sites (tertiary alicyclic amines) is 1. The fourth-order valence-electron chi connectivity index (χ4n) is 6.63. The molecule has 1 saturated heterocycles. The quantitative estimate of drug-likeness (QED) is 0.206. The van der Waals surface area contributed by atoms with Gasteiger partial charge in [-0.15, -0.1) is 0 Å². The summed E-state index contributed by atoms with van der Waals surface area (Å²) in [6.07, 6.45) is -0.118. The van der Waals surface area contributed by atoms with Gasteiger partial charge in [-0.25, -0.2) is 23.2 Å². The average molecular weight is 736 g/mol. The molecule has 270 valence electrons. The van der Waals surface area contributed by atoms with Crippen molar-refractivity contribution < 1.29 is 37.0 Å². The standard InChI is InChI=1S/C36H41N5O8S2/c1-35(2,3)49-32(43)15-17-40(21-24-9-7-6-8-10-24)51(45,46)25-11-13-28-26(19-25)36(16-18-39(22-36)34(44)48-5)23-41(28)31(42)20-30-37-27-12-14-29(47-4)38-33(27)50-30/h6-14,19H,15-18,20-23H2,1-5H3/t36-/m0/s1. The third-order valence-corrected chi connectivity index (χ3v) is 11.8. The van der Waals surface area contributed by atoms with Gasteiger partial charge in [0.25, 0.3) is 0 Å². The zero-order chi connectivity index (χ0) is 36.6. The van der Waals surface area contributed by atoms with Crippen molar-refractivity contribution in [1.82, 2.24) is 19.2 Å². The van der Waals surface area contributed by atoms with Crippen LogP contribution in [0.4, 0.5) is 10.5 Å². The Hall–Kier alpha value is -4.60. The number of esters is 1. The van der Waals surface area contributed by atoms with E-state index in [9.17, 15) is 22.8 Å². The number of hydrogen-bond donors (Lipinski definition) is 0. The van der Waals surface area contributed by atoms with Crippen LogP contribution < -0.4 is 9.64 Å². The second-order valence-electron chi connectivity index (χ2n) is 13.7. The highest BCUT2D eigenvalue weighted by atomic mass is 32.2. The minimum absolute atomic E-state index is 0.00907. The molecule has 0 unspecified atom stereocenters. The van der Waals surface area contributed by atoms with Crippen LogP contribution in [-0.2, 0) is 47.5 Å². The molecule has 2 aromatic heterocycles. The Bertz CT molecular complexity index is 2060. The Morgan fingerprint density at radius 1 is 1.00 bits per heavy atom. The summed E-state index contributed by atoms with van der Waals surface area (Å²) < 4.78 is 45.9. The maximum absolute atomic E-state index is 14.4. The lowest BCUT2D eigenvalue weighted by Gasteiger charge is -2.26. The number of nitrogens with zero attached hydrogens (tertiary/aromatic N) is 5. The zero-order valence-electron chi connectivity index (χ0n) is 29.2. The van der Waals surface area contributed by atoms with Crippen molar-refractivity contribution in [2.75, 3.05) is 45.3 Å². The molecule has 0 N–H and O–H groups in total. The molecule has 0 aliphatic carbocycles. The van der Waals surface area contributed by atoms with Gasteiger partial charge < -0.3 is 24.0 Å². The molecule has 15 heteroatoms. The van der Waals surface area contributed by atoms with Gasteiger partial charge in [-0.1, -0.05) is 41.7 Å². The summed E-state index contributed by atoms with van der Waals surface area (Å²) in [5.74, 6) is -0.266. The maximum Gasteiger partial charge on any atom is 0.409 e. The number of fused-ring (bicyclic) bond motifs is 3. The van der Waals surface area contributed by atoms with E-state index in [4.69, 9.17) is 14.2 Å². The first-order chi connectivity index (χ1) is 24.2. The van der Waals surface area contributed by atoms with E-state index in [0.29, 0.717) is 45.5 Å². The maximum atomic E-state index is 14.4. The minimum Gasteiger partial charge on any atom is -0.481 e. The molecule has 2 aliphatic rings. The van der Waals surface area contributed by atoms with Crippen molar-refractivity contribution in [2.24, 2.45) is 0 Å². The summed E-state index contributed by atoms with van der Waals surface area (Å²) in [4.78, 5) is 52.3. The van der Waals surface area contributed by atoms with Crippen LogP contribution in [0.1, 0.15) is 49.7 Å². The van der Waals surface area contributed by atoms with Crippen LogP contribution in [0.25, 0.3) is 10.3 Å². The van der Waals surface area contributed by atoms with Crippen LogP contribution >= 0.6 is 11.3 Å². The number of aromatic nitrogens is 2. The molecule has 2 amide bonds. The predicted molar refractivity (Wildman–Crippen MR) is 191 cm³/mol. The molecule has 4 aromatic rings. The van der Waals surface area contributed by atoms with Crippen molar-refractivity contribution in [2.45, 2.75) is 62.5 Å². The van der Waals surface area contributed by atoms with E-state index in [-0.39, 0.29) is 49.8 Å². The predicted octanol–water partition coefficient (Wildman–Crippen LogP) is 4.92. The highest BCUT2D eigenvalue weighted by molar-refractivity contribution is 7.89. The van der Waals surface area contributed by atoms with Crippen LogP contribution in [-0.4, -0.2) is 91.6 Å². The van der Waals surface area contributed by atoms with Gasteiger partial charge in [0.05, 0.1) is 32.0 Å². The molecule has 1 spiro atoms. The zero-order valence-corrected chi connectivity index (χ0v) is 30.9. The number of benzene rings is 2. The molecule has 1 atom stereocenters. The third kappa shape index (κ3) is 7.70. The monoisotopic (exact) mass is 735 g/mol. The van der Waals surface area contributed by atoms with Gasteiger partial charge >= 0.3 is 12.1 Å². The molecule has 1 fully saturated rings. The second-order valence-corrected chi connectivity index (χ2v) is 16.7. The molecular weight excluding hydrogens is 695 g/mol. The number of amides is 2. The smallest absolute Gasteiger partial charge is 0.409 e. The molecule has 4 heterocycles. The van der Waals surface area contributed by atoms with E-state index >= 15 is 0 Å². The molecule has 6 rings (SSSR count). The van der Waals surface area contributed by atoms with Crippen molar-refractivity contribution in [3.8, 4) is 5.88 Å². The van der Waals surface area contributed by atoms with Gasteiger partial charge in [0.2, 0.25) is 21.8 Å². The highest BCUT2D eigenvalue weighted by Crippen LogP contribution is 2.48. The van der Waals surface area contributed by atoms with Crippen LogP contribution in [0.5, 0.6) is 5.88 Å². The van der Waals surface area contributed by atoms with Gasteiger partial charge in [-0.05, 0) is 62.6 Å². The van der Waals surface area contributed by atoms with Crippen molar-refractivity contribution >= 4 is 55.4 Å². The van der Waals surface area contributed by atoms with E-state index in [1.54, 1.807) is 54.8 Å². The fraction of sp³-hybridized carbons (Fsp3) is 0.417. The summed E-state index contributed by atoms with van der Waals surface area (Å²) in [6.45, 7) is 6.10. The lowest BCUT2D eigenvalue weighted by molar-refractivity contribution is -0.154. The number of rotatable bonds is 10. The van der Waals surface area contributed by atoms with Crippen LogP contribution in [0.2, 0.25) is 0 Å². The third-order valence-electron chi connectivity index (χ3n) is 8.99. The Morgan fingerprint density at radius 3 is 2.47 bits per heavy atom. The molecular formula is C36H41N5O8S2. The molecule has 51 heavy (non-hydrogen) atoms. The molecule has 0 bridgehead atoms. The fourth-order valence-corrected chi connectivity index (χ4v) is 9.00. The van der Waals surface area contributed by atoms with Gasteiger partial charge in [-0.3, -0.25) is 9.59 Å². The topological polar surface area (TPSA) is 149 Å². The van der Waals surface area contributed by atoms with E-state index in [0.717, 1.165) is 5.56 Å². The molecule has 13 nitrogen and oxygen atoms in total. The summed E-state index contributed by atoms with van der Waals surface area (Å²) in [6, 6.07) is 17.5. The van der Waals surface area contributed by atoms with Crippen LogP contribution in [0, 0.1) is 0 Å². The molecule has 2 aromatic carbocycles. The number of methoxy groups -OCH3 is 2. The molecule has 0 saturated carbocycles. The first-order valence-corrected chi connectivity index (χ1v) is 18.8. The van der Waals surface area contributed by atoms with Crippen LogP contribution in [0.3, 0.4) is 0 Å². The first kappa shape index (κ1) is 36.2. The number of anilines is 1. The van der Waals surface area contributed by atoms with Crippen molar-refractivity contribution in [1.29, 1.82) is 0 Å². The minimum atomic E-state index is -4.16. The molecule has 0 radical (unpaired) electrons. The van der Waals surface area contributed by atoms with Gasteiger partial charge in [0, 0.05) is 49.9 Å². The lowest BCUT2D eigenvalue weighted by Crippen LogP contribution is -2.40. The van der Waals surface area contributed by atoms with Crippen molar-refractivity contribution in [3.05, 3.63) is 76.8 Å². The number of carbonyl (C=O) groups is 3. The summed E-state index contributed by atoms with van der Waals surface area (Å²) in [7, 11) is -1.31. The SMILES string of the molecule is COC(=O)N1CC[C@]2(C1)CN(C(=O)Cc1nc3ccc(OC)nc3s1)c1ccc(S(=O)(=O)N(CCC(=O)OC(C)(C)C)Cc3ccccc3)cc12. The number of carbonyl (C=O) groups excluding carboxylic acids is 3. The van der Waals surface area contributed by atoms with E-state index < -0.39 is 33.1 Å². The van der Waals surface area contributed by atoms with Gasteiger partial charge in [-0.2, -0.15) is 4.31 Å². The number of pyridine rings is 1. The number of sulfonamides is 1. The van der Waals surface area contributed by atoms with Crippen LogP contribution in [0.15, 0.2) is 65.6 Å². The van der Waals surface area contributed by atoms with E-state index in [1.165, 1.54) is 35.9 Å². The van der Waals surface area contributed by atoms with E-state index in [1.807, 2.05) is 30.3 Å². The Morgan fingerprint density at radius 2 is 1.76 bits per heavy atom. The number of hydrogen-bond acceptors (Lipinski definition) is 11. The summed E-state index contributed by atoms with van der Waals surface area (Å²) >= 11 is 1.31. The lowest BCUT2D eigenvalue weighted by atomic mass is 9.81. The Kier molecular flexibility index (Phi) is 10.1. The Balaban J connectivity index is 1.34. The van der Waals surface area contributed by atoms with E-state index in [2.05, 4.69) is 9.97 Å². The second kappa shape index (κ2) is 14.2. The van der Waals surface area contributed by atoms with Crippen molar-refractivity contribution in [3.63, 3.8) is 0 Å². The highest BCUT2D eigenvalue weighted by Gasteiger charge is 2.50. The largest absolute Gasteiger partial charge is 0.481 e. The summed E-state index contributed by atoms with van der Waals surface area (Å²) in [5.41, 5.74) is 1.21. The first-order valence-electron chi connectivity index (χ1n) is 16.6. The molecule has 2 aliphatic heterocycles. The average Bonchev–Trinajstić information content (AvgIpc) is 3.80. The van der Waals surface area contributed by atoms with Gasteiger partial charge in [0.15, 0.2) is 0 Å². The normalized spacial score (nSPS) is 17.3. The van der Waals surface area contributed by atoms with Gasteiger partial charge in [0.1, 0.15) is 21.0 Å². The number of thiazole rings is 1. The summed E-state index contributed by atoms with van der Waals surface area (Å²) in [5, 5.41) is 0.585. The Labute approximate surface area is 301 Å².